The Bertz CT molecular complexity index is 941. The van der Waals surface area contributed by atoms with Crippen molar-refractivity contribution in [3.05, 3.63) is 72.3 Å². The topological polar surface area (TPSA) is 46.9 Å². The first-order valence-corrected chi connectivity index (χ1v) is 11.6. The number of amides is 1. The zero-order valence-electron chi connectivity index (χ0n) is 19.1. The smallest absolute Gasteiger partial charge is 0.270 e. The number of benzene rings is 2. The van der Waals surface area contributed by atoms with E-state index in [-0.39, 0.29) is 11.9 Å². The van der Waals surface area contributed by atoms with Crippen LogP contribution in [0.5, 0.6) is 0 Å². The Morgan fingerprint density at radius 3 is 2.23 bits per heavy atom. The van der Waals surface area contributed by atoms with E-state index in [2.05, 4.69) is 67.5 Å². The molecule has 1 aromatic heterocycles. The summed E-state index contributed by atoms with van der Waals surface area (Å²) in [5.74, 6) is -0.0757. The van der Waals surface area contributed by atoms with Gasteiger partial charge in [0.05, 0.1) is 12.5 Å². The molecule has 3 rings (SSSR count). The van der Waals surface area contributed by atoms with Crippen molar-refractivity contribution in [2.75, 3.05) is 0 Å². The van der Waals surface area contributed by atoms with Gasteiger partial charge < -0.3 is 5.32 Å². The number of imidazole rings is 1. The maximum absolute atomic E-state index is 12.8. The summed E-state index contributed by atoms with van der Waals surface area (Å²) in [6.45, 7) is 6.48. The molecule has 3 aromatic rings. The molecular weight excluding hydrogens is 382 g/mol. The lowest BCUT2D eigenvalue weighted by molar-refractivity contribution is 0.0931. The first kappa shape index (κ1) is 22.8. The molecule has 0 aliphatic rings. The standard InChI is InChI=1S/C27H35N3O/c1-4-6-8-9-21(3)29-27(31)26-19-28-20-30(26)25-17-15-24(16-18-25)23-13-11-22(12-14-23)10-7-5-2/h11-21H,4-10H2,1-3H3,(H,29,31)/t21-/m0/s1. The molecular formula is C27H35N3O. The lowest BCUT2D eigenvalue weighted by atomic mass is 10.0. The molecule has 0 unspecified atom stereocenters. The van der Waals surface area contributed by atoms with Gasteiger partial charge in [-0.2, -0.15) is 0 Å². The van der Waals surface area contributed by atoms with Crippen LogP contribution in [0.1, 0.15) is 75.3 Å². The van der Waals surface area contributed by atoms with Crippen molar-refractivity contribution in [3.8, 4) is 16.8 Å². The number of rotatable bonds is 11. The van der Waals surface area contributed by atoms with Gasteiger partial charge in [0.25, 0.3) is 5.91 Å². The number of nitrogens with zero attached hydrogens (tertiary/aromatic N) is 2. The Hall–Kier alpha value is -2.88. The molecule has 31 heavy (non-hydrogen) atoms. The Kier molecular flexibility index (Phi) is 8.45. The minimum absolute atomic E-state index is 0.0757. The van der Waals surface area contributed by atoms with Crippen LogP contribution in [0.2, 0.25) is 0 Å². The Morgan fingerprint density at radius 1 is 0.935 bits per heavy atom. The van der Waals surface area contributed by atoms with Gasteiger partial charge in [-0.05, 0) is 55.0 Å². The van der Waals surface area contributed by atoms with E-state index in [1.807, 2.05) is 16.7 Å². The average Bonchev–Trinajstić information content (AvgIpc) is 3.28. The molecule has 4 nitrogen and oxygen atoms in total. The second-order valence-corrected chi connectivity index (χ2v) is 8.37. The van der Waals surface area contributed by atoms with Gasteiger partial charge in [-0.3, -0.25) is 9.36 Å². The summed E-state index contributed by atoms with van der Waals surface area (Å²) in [4.78, 5) is 17.0. The molecule has 0 saturated carbocycles. The highest BCUT2D eigenvalue weighted by Crippen LogP contribution is 2.23. The van der Waals surface area contributed by atoms with Crippen LogP contribution in [0.3, 0.4) is 0 Å². The number of aryl methyl sites for hydroxylation is 1. The first-order chi connectivity index (χ1) is 15.1. The van der Waals surface area contributed by atoms with Crippen LogP contribution in [0, 0.1) is 0 Å². The minimum Gasteiger partial charge on any atom is -0.348 e. The number of hydrogen-bond acceptors (Lipinski definition) is 2. The van der Waals surface area contributed by atoms with Gasteiger partial charge in [0, 0.05) is 11.7 Å². The molecule has 0 spiro atoms. The number of unbranched alkanes of at least 4 members (excludes halogenated alkanes) is 3. The summed E-state index contributed by atoms with van der Waals surface area (Å²) in [5.41, 5.74) is 5.26. The maximum atomic E-state index is 12.8. The van der Waals surface area contributed by atoms with Crippen LogP contribution < -0.4 is 5.32 Å². The van der Waals surface area contributed by atoms with Crippen molar-refractivity contribution < 1.29 is 4.79 Å². The number of nitrogens with one attached hydrogen (secondary N) is 1. The van der Waals surface area contributed by atoms with E-state index >= 15 is 0 Å². The van der Waals surface area contributed by atoms with E-state index in [1.54, 1.807) is 12.5 Å². The van der Waals surface area contributed by atoms with Crippen molar-refractivity contribution in [2.24, 2.45) is 0 Å². The third kappa shape index (κ3) is 6.30. The van der Waals surface area contributed by atoms with Gasteiger partial charge in [0.1, 0.15) is 5.69 Å². The van der Waals surface area contributed by atoms with Crippen molar-refractivity contribution in [1.29, 1.82) is 0 Å². The first-order valence-electron chi connectivity index (χ1n) is 11.6. The summed E-state index contributed by atoms with van der Waals surface area (Å²) in [5, 5.41) is 3.11. The number of carbonyl (C=O) groups excluding carboxylic acids is 1. The number of hydrogen-bond donors (Lipinski definition) is 1. The normalized spacial score (nSPS) is 12.0. The van der Waals surface area contributed by atoms with Crippen LogP contribution in [0.25, 0.3) is 16.8 Å². The van der Waals surface area contributed by atoms with E-state index in [0.29, 0.717) is 5.69 Å². The monoisotopic (exact) mass is 417 g/mol. The largest absolute Gasteiger partial charge is 0.348 e. The van der Waals surface area contributed by atoms with Crippen LogP contribution in [0.4, 0.5) is 0 Å². The highest BCUT2D eigenvalue weighted by Gasteiger charge is 2.15. The van der Waals surface area contributed by atoms with Crippen LogP contribution in [0.15, 0.2) is 61.1 Å². The van der Waals surface area contributed by atoms with Gasteiger partial charge in [-0.25, -0.2) is 4.98 Å². The molecule has 0 saturated heterocycles. The molecule has 0 bridgehead atoms. The molecule has 1 atom stereocenters. The molecule has 1 N–H and O–H groups in total. The fourth-order valence-electron chi connectivity index (χ4n) is 3.80. The molecule has 0 aliphatic heterocycles. The fourth-order valence-corrected chi connectivity index (χ4v) is 3.80. The van der Waals surface area contributed by atoms with Crippen molar-refractivity contribution in [2.45, 2.75) is 71.8 Å². The molecule has 1 amide bonds. The molecule has 164 valence electrons. The summed E-state index contributed by atoms with van der Waals surface area (Å²) in [6.07, 6.45) is 11.4. The molecule has 2 aromatic carbocycles. The number of carbonyl (C=O) groups is 1. The second-order valence-electron chi connectivity index (χ2n) is 8.37. The van der Waals surface area contributed by atoms with Gasteiger partial charge >= 0.3 is 0 Å². The SMILES string of the molecule is CCCCC[C@H](C)NC(=O)c1cncn1-c1ccc(-c2ccc(CCCC)cc2)cc1. The summed E-state index contributed by atoms with van der Waals surface area (Å²) < 4.78 is 1.85. The number of aromatic nitrogens is 2. The predicted molar refractivity (Wildman–Crippen MR) is 129 cm³/mol. The van der Waals surface area contributed by atoms with Gasteiger partial charge in [-0.1, -0.05) is 75.9 Å². The van der Waals surface area contributed by atoms with Crippen molar-refractivity contribution >= 4 is 5.91 Å². The summed E-state index contributed by atoms with van der Waals surface area (Å²) >= 11 is 0. The van der Waals surface area contributed by atoms with Crippen LogP contribution in [-0.2, 0) is 6.42 Å². The molecule has 1 heterocycles. The maximum Gasteiger partial charge on any atom is 0.270 e. The Labute approximate surface area is 186 Å². The fraction of sp³-hybridized carbons (Fsp3) is 0.407. The minimum atomic E-state index is -0.0757. The van der Waals surface area contributed by atoms with E-state index in [4.69, 9.17) is 0 Å². The lowest BCUT2D eigenvalue weighted by Gasteiger charge is -2.15. The third-order valence-electron chi connectivity index (χ3n) is 5.74. The lowest BCUT2D eigenvalue weighted by Crippen LogP contribution is -2.33. The third-order valence-corrected chi connectivity index (χ3v) is 5.74. The molecule has 0 fully saturated rings. The van der Waals surface area contributed by atoms with Gasteiger partial charge in [0.15, 0.2) is 0 Å². The van der Waals surface area contributed by atoms with Gasteiger partial charge in [0.2, 0.25) is 0 Å². The van der Waals surface area contributed by atoms with E-state index in [0.717, 1.165) is 24.9 Å². The molecule has 0 radical (unpaired) electrons. The highest BCUT2D eigenvalue weighted by atomic mass is 16.2. The Balaban J connectivity index is 1.68. The summed E-state index contributed by atoms with van der Waals surface area (Å²) in [6, 6.07) is 17.3. The summed E-state index contributed by atoms with van der Waals surface area (Å²) in [7, 11) is 0. The second kappa shape index (κ2) is 11.5. The van der Waals surface area contributed by atoms with Gasteiger partial charge in [-0.15, -0.1) is 0 Å². The quantitative estimate of drug-likeness (QED) is 0.358. The van der Waals surface area contributed by atoms with Crippen molar-refractivity contribution in [1.82, 2.24) is 14.9 Å². The van der Waals surface area contributed by atoms with E-state index < -0.39 is 0 Å². The average molecular weight is 418 g/mol. The molecule has 0 aliphatic carbocycles. The highest BCUT2D eigenvalue weighted by molar-refractivity contribution is 5.93. The molecule has 4 heteroatoms. The Morgan fingerprint density at radius 2 is 1.58 bits per heavy atom. The zero-order valence-corrected chi connectivity index (χ0v) is 19.1. The van der Waals surface area contributed by atoms with E-state index in [9.17, 15) is 4.79 Å². The predicted octanol–water partition coefficient (Wildman–Crippen LogP) is 6.58. The van der Waals surface area contributed by atoms with Crippen molar-refractivity contribution in [3.63, 3.8) is 0 Å². The van der Waals surface area contributed by atoms with E-state index in [1.165, 1.54) is 42.4 Å². The van der Waals surface area contributed by atoms with Crippen LogP contribution in [-0.4, -0.2) is 21.5 Å². The van der Waals surface area contributed by atoms with Crippen LogP contribution >= 0.6 is 0 Å². The zero-order chi connectivity index (χ0) is 22.1.